The van der Waals surface area contributed by atoms with E-state index in [9.17, 15) is 35.8 Å². The van der Waals surface area contributed by atoms with E-state index in [1.165, 1.54) is 126 Å². The summed E-state index contributed by atoms with van der Waals surface area (Å²) in [7, 11) is 1.49. The average molecular weight is 1950 g/mol. The van der Waals surface area contributed by atoms with Crippen molar-refractivity contribution in [2.45, 2.75) is 117 Å². The van der Waals surface area contributed by atoms with Crippen molar-refractivity contribution < 1.29 is 64.2 Å². The third kappa shape index (κ3) is 26.9. The number of methoxy groups -OCH3 is 2. The molecule has 0 atom stereocenters. The number of aromatic hydroxyl groups is 1. The molecule has 3 N–H and O–H groups in total. The van der Waals surface area contributed by atoms with Gasteiger partial charge in [0.25, 0.3) is 0 Å². The van der Waals surface area contributed by atoms with Gasteiger partial charge in [-0.25, -0.2) is 30.7 Å². The Bertz CT molecular complexity index is 5930. The fourth-order valence-electron chi connectivity index (χ4n) is 12.4. The van der Waals surface area contributed by atoms with Crippen LogP contribution >= 0.6 is 61.1 Å². The highest BCUT2D eigenvalue weighted by atomic mass is 127. The summed E-state index contributed by atoms with van der Waals surface area (Å²) in [5.41, 5.74) is 13.2. The summed E-state index contributed by atoms with van der Waals surface area (Å²) in [5, 5.41) is 33.4. The molecule has 0 bridgehead atoms. The Morgan fingerprint density at radius 2 is 0.713 bits per heavy atom. The Labute approximate surface area is 750 Å². The quantitative estimate of drug-likeness (QED) is 0.0658. The lowest BCUT2D eigenvalue weighted by Crippen LogP contribution is -2.30. The van der Waals surface area contributed by atoms with Gasteiger partial charge in [0.05, 0.1) is 57.3 Å². The fourth-order valence-corrected chi connectivity index (χ4v) is 13.6. The molecule has 17 aromatic rings. The molecule has 3 aromatic heterocycles. The zero-order valence-electron chi connectivity index (χ0n) is 72.3. The molecule has 19 heteroatoms. The Morgan fingerprint density at radius 3 is 1.24 bits per heavy atom. The first-order valence-electron chi connectivity index (χ1n) is 40.8. The normalized spacial score (nSPS) is 9.89. The zero-order valence-corrected chi connectivity index (χ0v) is 78.2. The van der Waals surface area contributed by atoms with Crippen molar-refractivity contribution in [3.05, 3.63) is 361 Å². The van der Waals surface area contributed by atoms with Crippen LogP contribution in [0.3, 0.4) is 0 Å². The number of rotatable bonds is 6. The van der Waals surface area contributed by atoms with Crippen LogP contribution in [0.2, 0.25) is 0 Å². The van der Waals surface area contributed by atoms with Crippen LogP contribution in [0.4, 0.5) is 30.7 Å². The van der Waals surface area contributed by atoms with Gasteiger partial charge in [-0.05, 0) is 217 Å². The van der Waals surface area contributed by atoms with E-state index in [0.717, 1.165) is 57.1 Å². The predicted octanol–water partition coefficient (Wildman–Crippen LogP) is 32.2. The summed E-state index contributed by atoms with van der Waals surface area (Å²) < 4.78 is 118. The van der Waals surface area contributed by atoms with Gasteiger partial charge in [0.1, 0.15) is 80.3 Å². The van der Waals surface area contributed by atoms with E-state index in [0.29, 0.717) is 33.5 Å². The lowest BCUT2D eigenvalue weighted by Gasteiger charge is -2.09. The van der Waals surface area contributed by atoms with E-state index in [1.807, 2.05) is 147 Å². The van der Waals surface area contributed by atoms with E-state index in [4.69, 9.17) is 28.4 Å². The summed E-state index contributed by atoms with van der Waals surface area (Å²) in [6.45, 7) is 32.0. The standard InChI is InChI=1S/C24H14INO.C13H10F2O.C13H9I.C12H8F2O.C12H7FO.C7H9BO3.C6H3BrF2.8C2H6/c25-15-12-13-20-18(14-15)16-6-1-3-8-19(16)26(20)21-9-5-11-23-24(21)17-7-2-4-10-22(17)27-23;1-16-12-8-3-2-5-9(12)13-10(14)6-4-7-11(13)15;14-11-6-5-10-7-9-3-1-2-4-12(9)13(10)8-11;13-9-5-3-6-10(14)12(9)8-4-1-2-7-11(8)15;13-9-5-3-7-11-12(9)8-4-1-2-6-10(8)14-11;1-11-7-5-3-2-4-6(7)8(9)10;7-6-4(8)2-1-3-5(6)9;8*1-2/h1-14H;2-8H,1H3;1-6,8H,7H2;1-7,15H;1-7H;2-5,9-10H,1H3;1-3H;8*1-2H3. The van der Waals surface area contributed by atoms with Crippen molar-refractivity contribution in [1.82, 2.24) is 4.57 Å². The maximum atomic E-state index is 13.6. The number of fused-ring (bicyclic) bond motifs is 12. The molecule has 0 fully saturated rings. The lowest BCUT2D eigenvalue weighted by atomic mass is 9.80. The Balaban J connectivity index is 0.000000297. The maximum absolute atomic E-state index is 13.6. The molecule has 18 rings (SSSR count). The van der Waals surface area contributed by atoms with Gasteiger partial charge >= 0.3 is 7.12 Å². The third-order valence-electron chi connectivity index (χ3n) is 17.2. The smallest absolute Gasteiger partial charge is 0.492 e. The molecule has 14 aromatic carbocycles. The lowest BCUT2D eigenvalue weighted by molar-refractivity contribution is 0.403. The van der Waals surface area contributed by atoms with Gasteiger partial charge < -0.3 is 38.0 Å². The molecule has 0 unspecified atom stereocenters. The number of benzene rings is 14. The average Bonchev–Trinajstić information content (AvgIpc) is 1.58. The van der Waals surface area contributed by atoms with Gasteiger partial charge in [0, 0.05) is 45.3 Å². The summed E-state index contributed by atoms with van der Waals surface area (Å²) >= 11 is 7.49. The molecule has 640 valence electrons. The number of halogens is 10. The second-order valence-corrected chi connectivity index (χ2v) is 27.0. The Kier molecular flexibility index (Phi) is 47.0. The second kappa shape index (κ2) is 55.4. The first-order chi connectivity index (χ1) is 59.4. The van der Waals surface area contributed by atoms with Crippen molar-refractivity contribution in [3.8, 4) is 56.3 Å². The first-order valence-corrected chi connectivity index (χ1v) is 43.8. The second-order valence-electron chi connectivity index (χ2n) is 23.7. The van der Waals surface area contributed by atoms with Crippen LogP contribution in [0, 0.1) is 47.9 Å². The number of furan rings is 2. The van der Waals surface area contributed by atoms with Crippen LogP contribution in [-0.2, 0) is 6.42 Å². The monoisotopic (exact) mass is 1950 g/mol. The van der Waals surface area contributed by atoms with Crippen molar-refractivity contribution >= 4 is 139 Å². The number of hydrogen-bond acceptors (Lipinski definition) is 7. The molecule has 122 heavy (non-hydrogen) atoms. The van der Waals surface area contributed by atoms with Crippen LogP contribution < -0.4 is 14.9 Å². The molecule has 0 aliphatic heterocycles. The summed E-state index contributed by atoms with van der Waals surface area (Å²) in [4.78, 5) is 0. The topological polar surface area (TPSA) is 110 Å². The summed E-state index contributed by atoms with van der Waals surface area (Å²) in [6.07, 6.45) is 1.10. The zero-order chi connectivity index (χ0) is 90.5. The minimum Gasteiger partial charge on any atom is -0.507 e. The molecule has 0 saturated heterocycles. The molecule has 0 spiro atoms. The molecule has 1 aliphatic rings. The van der Waals surface area contributed by atoms with Crippen LogP contribution in [0.25, 0.3) is 105 Å². The van der Waals surface area contributed by atoms with Crippen LogP contribution in [-0.4, -0.2) is 41.1 Å². The SMILES string of the molecule is CC.CC.CC.CC.CC.CC.CC.CC.COc1ccccc1-c1c(F)cccc1F.COc1ccccc1B(O)O.Fc1cccc(F)c1Br.Fc1cccc2oc3ccccc3c12.Ic1ccc2c(c1)-c1ccccc1C2.Ic1ccc2c(c1)c1ccccc1n2-c1cccc2oc3ccccc3c12.Oc1ccccc1-c1c(F)cccc1F. The number of aromatic nitrogens is 1. The Hall–Kier alpha value is -10.7. The van der Waals surface area contributed by atoms with Gasteiger partial charge in [0.15, 0.2) is 0 Å². The van der Waals surface area contributed by atoms with Gasteiger partial charge in [-0.1, -0.05) is 281 Å². The van der Waals surface area contributed by atoms with Gasteiger partial charge in [0.2, 0.25) is 0 Å². The fraction of sp³-hybridized carbons (Fsp3) is 0.184. The van der Waals surface area contributed by atoms with Gasteiger partial charge in [-0.15, -0.1) is 0 Å². The van der Waals surface area contributed by atoms with Gasteiger partial charge in [-0.2, -0.15) is 0 Å². The molecular formula is C103H108BBrF7I2NO7. The van der Waals surface area contributed by atoms with E-state index < -0.39 is 42.0 Å². The number of phenolic OH excluding ortho intramolecular Hbond substituents is 1. The number of ether oxygens (including phenoxy) is 2. The van der Waals surface area contributed by atoms with Crippen molar-refractivity contribution in [2.75, 3.05) is 14.2 Å². The minimum absolute atomic E-state index is 0.0556. The Morgan fingerprint density at radius 1 is 0.336 bits per heavy atom. The van der Waals surface area contributed by atoms with Crippen LogP contribution in [0.1, 0.15) is 122 Å². The predicted molar refractivity (Wildman–Crippen MR) is 521 cm³/mol. The van der Waals surface area contributed by atoms with E-state index in [2.05, 4.69) is 181 Å². The highest BCUT2D eigenvalue weighted by molar-refractivity contribution is 14.1. The number of para-hydroxylation sites is 6. The van der Waals surface area contributed by atoms with Crippen molar-refractivity contribution in [3.63, 3.8) is 0 Å². The van der Waals surface area contributed by atoms with E-state index in [-0.39, 0.29) is 32.7 Å². The molecule has 0 radical (unpaired) electrons. The van der Waals surface area contributed by atoms with E-state index in [1.54, 1.807) is 72.8 Å². The largest absolute Gasteiger partial charge is 0.507 e. The number of phenols is 1. The third-order valence-corrected chi connectivity index (χ3v) is 19.3. The first kappa shape index (κ1) is 104. The van der Waals surface area contributed by atoms with Crippen LogP contribution in [0.5, 0.6) is 17.2 Å². The molecule has 8 nitrogen and oxygen atoms in total. The van der Waals surface area contributed by atoms with E-state index >= 15 is 0 Å². The van der Waals surface area contributed by atoms with Gasteiger partial charge in [-0.3, -0.25) is 0 Å². The highest BCUT2D eigenvalue weighted by Gasteiger charge is 2.21. The number of hydrogen-bond donors (Lipinski definition) is 3. The highest BCUT2D eigenvalue weighted by Crippen LogP contribution is 2.41. The van der Waals surface area contributed by atoms with Crippen LogP contribution in [0.15, 0.2) is 311 Å². The molecule has 1 aliphatic carbocycles. The minimum atomic E-state index is -1.47. The summed E-state index contributed by atoms with van der Waals surface area (Å²) in [5.74, 6) is -3.13. The van der Waals surface area contributed by atoms with Crippen molar-refractivity contribution in [1.29, 1.82) is 0 Å². The number of nitrogens with zero attached hydrogens (tertiary/aromatic N) is 1. The molecular weight excluding hydrogens is 1840 g/mol. The molecule has 0 saturated carbocycles. The van der Waals surface area contributed by atoms with Crippen molar-refractivity contribution in [2.24, 2.45) is 0 Å². The summed E-state index contributed by atoms with van der Waals surface area (Å²) in [6, 6.07) is 88.3. The molecule has 0 amide bonds. The molecule has 3 heterocycles. The maximum Gasteiger partial charge on any atom is 0.492 e.